The third-order valence-electron chi connectivity index (χ3n) is 6.09. The second kappa shape index (κ2) is 14.0. The van der Waals surface area contributed by atoms with Crippen molar-refractivity contribution in [2.75, 3.05) is 54.4 Å². The van der Waals surface area contributed by atoms with Gasteiger partial charge in [-0.15, -0.1) is 0 Å². The van der Waals surface area contributed by atoms with Crippen molar-refractivity contribution < 1.29 is 0 Å². The van der Waals surface area contributed by atoms with Crippen LogP contribution in [0.5, 0.6) is 0 Å². The quantitative estimate of drug-likeness (QED) is 0.617. The number of aliphatic imine (C=N–C) groups is 4. The molecule has 0 atom stereocenters. The fraction of sp³-hybridized carbons (Fsp3) is 0.692. The summed E-state index contributed by atoms with van der Waals surface area (Å²) >= 11 is 0. The van der Waals surface area contributed by atoms with Gasteiger partial charge < -0.3 is 9.80 Å². The summed E-state index contributed by atoms with van der Waals surface area (Å²) in [6.07, 6.45) is 13.0. The van der Waals surface area contributed by atoms with E-state index >= 15 is 0 Å². The molecular weight excluding hydrogens is 396 g/mol. The summed E-state index contributed by atoms with van der Waals surface area (Å²) in [5, 5.41) is 0. The van der Waals surface area contributed by atoms with Crippen LogP contribution in [0.2, 0.25) is 0 Å². The topological polar surface area (TPSA) is 55.9 Å². The van der Waals surface area contributed by atoms with Crippen LogP contribution in [0.25, 0.3) is 0 Å². The van der Waals surface area contributed by atoms with Crippen LogP contribution in [-0.2, 0) is 0 Å². The molecule has 6 heteroatoms. The van der Waals surface area contributed by atoms with E-state index in [-0.39, 0.29) is 0 Å². The Labute approximate surface area is 196 Å². The molecule has 3 heterocycles. The van der Waals surface area contributed by atoms with Crippen molar-refractivity contribution in [2.24, 2.45) is 20.0 Å². The second-order valence-electron chi connectivity index (χ2n) is 9.14. The Morgan fingerprint density at radius 2 is 0.969 bits per heavy atom. The van der Waals surface area contributed by atoms with Crippen molar-refractivity contribution in [2.45, 2.75) is 65.2 Å². The molecule has 0 saturated carbocycles. The summed E-state index contributed by atoms with van der Waals surface area (Å²) in [5.41, 5.74) is 7.23. The van der Waals surface area contributed by atoms with E-state index in [1.54, 1.807) is 0 Å². The molecule has 0 fully saturated rings. The third kappa shape index (κ3) is 8.36. The molecule has 0 N–H and O–H groups in total. The molecule has 3 rings (SSSR count). The molecular formula is C26H44N6. The molecule has 0 saturated heterocycles. The molecule has 0 aliphatic carbocycles. The molecule has 0 aromatic carbocycles. The average molecular weight is 441 g/mol. The first-order chi connectivity index (χ1) is 15.4. The monoisotopic (exact) mass is 440 g/mol. The van der Waals surface area contributed by atoms with Gasteiger partial charge in [0.2, 0.25) is 0 Å². The fourth-order valence-electron chi connectivity index (χ4n) is 4.19. The van der Waals surface area contributed by atoms with Crippen LogP contribution in [0.1, 0.15) is 65.2 Å². The number of hydrogen-bond acceptors (Lipinski definition) is 6. The highest BCUT2D eigenvalue weighted by atomic mass is 15.1. The molecule has 0 aromatic heterocycles. The summed E-state index contributed by atoms with van der Waals surface area (Å²) < 4.78 is 0. The lowest BCUT2D eigenvalue weighted by atomic mass is 10.0. The SMILES string of the molecule is CC1=NCCCN=C(C)C2=C(N(C)C)CCCCCCC(N(C)C)=C1C=NCCCN=C2. The zero-order valence-corrected chi connectivity index (χ0v) is 21.3. The van der Waals surface area contributed by atoms with Gasteiger partial charge in [-0.3, -0.25) is 20.0 Å². The summed E-state index contributed by atoms with van der Waals surface area (Å²) in [5.74, 6) is 0. The number of fused-ring (bicyclic) bond motifs is 15. The lowest BCUT2D eigenvalue weighted by Gasteiger charge is -2.22. The molecule has 32 heavy (non-hydrogen) atoms. The molecule has 0 amide bonds. The van der Waals surface area contributed by atoms with Crippen LogP contribution in [0.3, 0.4) is 0 Å². The first kappa shape index (κ1) is 26.0. The molecule has 3 aliphatic heterocycles. The minimum Gasteiger partial charge on any atom is -0.380 e. The second-order valence-corrected chi connectivity index (χ2v) is 9.14. The van der Waals surface area contributed by atoms with Gasteiger partial charge >= 0.3 is 0 Å². The van der Waals surface area contributed by atoms with Gasteiger partial charge in [0.25, 0.3) is 0 Å². The number of allylic oxidation sites excluding steroid dienone is 4. The molecule has 0 radical (unpaired) electrons. The molecule has 0 unspecified atom stereocenters. The zero-order valence-electron chi connectivity index (χ0n) is 21.3. The van der Waals surface area contributed by atoms with E-state index in [0.717, 1.165) is 63.3 Å². The van der Waals surface area contributed by atoms with Crippen LogP contribution < -0.4 is 0 Å². The Hall–Kier alpha value is -2.24. The Balaban J connectivity index is 2.52. The highest BCUT2D eigenvalue weighted by molar-refractivity contribution is 6.16. The van der Waals surface area contributed by atoms with Crippen LogP contribution in [-0.4, -0.2) is 88.0 Å². The van der Waals surface area contributed by atoms with Crippen molar-refractivity contribution in [3.05, 3.63) is 22.5 Å². The Morgan fingerprint density at radius 1 is 0.562 bits per heavy atom. The van der Waals surface area contributed by atoms with E-state index in [4.69, 9.17) is 20.0 Å². The molecule has 0 spiro atoms. The maximum absolute atomic E-state index is 4.91. The molecule has 178 valence electrons. The molecule has 2 bridgehead atoms. The van der Waals surface area contributed by atoms with Crippen molar-refractivity contribution in [1.82, 2.24) is 9.80 Å². The van der Waals surface area contributed by atoms with Crippen LogP contribution >= 0.6 is 0 Å². The van der Waals surface area contributed by atoms with Gasteiger partial charge in [0.05, 0.1) is 0 Å². The zero-order chi connectivity index (χ0) is 23.3. The van der Waals surface area contributed by atoms with Crippen LogP contribution in [0.4, 0.5) is 0 Å². The van der Waals surface area contributed by atoms with Gasteiger partial charge in [-0.1, -0.05) is 12.8 Å². The smallest absolute Gasteiger partial charge is 0.0422 e. The van der Waals surface area contributed by atoms with Gasteiger partial charge in [-0.05, 0) is 52.4 Å². The normalized spacial score (nSPS) is 20.4. The number of hydrogen-bond donors (Lipinski definition) is 0. The first-order valence-electron chi connectivity index (χ1n) is 12.2. The maximum Gasteiger partial charge on any atom is 0.0422 e. The van der Waals surface area contributed by atoms with Gasteiger partial charge in [-0.2, -0.15) is 0 Å². The standard InChI is InChI=1S/C26H44N6/c1-21-23-19-27-15-11-16-28-20-24(22(2)30-18-12-17-29-21)26(32(5)6)14-10-8-7-9-13-25(23)31(3)4/h19-20H,7-18H2,1-6H3. The average Bonchev–Trinajstić information content (AvgIpc) is 2.74. The van der Waals surface area contributed by atoms with Gasteiger partial charge in [-0.25, -0.2) is 0 Å². The van der Waals surface area contributed by atoms with E-state index < -0.39 is 0 Å². The van der Waals surface area contributed by atoms with E-state index in [9.17, 15) is 0 Å². The van der Waals surface area contributed by atoms with E-state index in [0.29, 0.717) is 0 Å². The maximum atomic E-state index is 4.91. The third-order valence-corrected chi connectivity index (χ3v) is 6.09. The fourth-order valence-corrected chi connectivity index (χ4v) is 4.19. The summed E-state index contributed by atoms with van der Waals surface area (Å²) in [7, 11) is 8.57. The summed E-state index contributed by atoms with van der Waals surface area (Å²) in [4.78, 5) is 23.9. The van der Waals surface area contributed by atoms with Crippen LogP contribution in [0.15, 0.2) is 42.5 Å². The van der Waals surface area contributed by atoms with Gasteiger partial charge in [0.15, 0.2) is 0 Å². The van der Waals surface area contributed by atoms with Crippen LogP contribution in [0, 0.1) is 0 Å². The lowest BCUT2D eigenvalue weighted by molar-refractivity contribution is 0.460. The summed E-state index contributed by atoms with van der Waals surface area (Å²) in [6.45, 7) is 7.39. The Bertz CT molecular complexity index is 716. The van der Waals surface area contributed by atoms with E-state index in [1.807, 2.05) is 0 Å². The summed E-state index contributed by atoms with van der Waals surface area (Å²) in [6, 6.07) is 0. The Morgan fingerprint density at radius 3 is 1.38 bits per heavy atom. The van der Waals surface area contributed by atoms with Crippen molar-refractivity contribution in [1.29, 1.82) is 0 Å². The highest BCUT2D eigenvalue weighted by Crippen LogP contribution is 2.21. The van der Waals surface area contributed by atoms with Gasteiger partial charge in [0, 0.05) is 101 Å². The minimum absolute atomic E-state index is 0.779. The van der Waals surface area contributed by atoms with E-state index in [2.05, 4.69) is 64.3 Å². The predicted octanol–water partition coefficient (Wildman–Crippen LogP) is 4.83. The minimum atomic E-state index is 0.779. The van der Waals surface area contributed by atoms with Crippen molar-refractivity contribution in [3.8, 4) is 0 Å². The largest absolute Gasteiger partial charge is 0.380 e. The first-order valence-corrected chi connectivity index (χ1v) is 12.2. The van der Waals surface area contributed by atoms with Crippen molar-refractivity contribution >= 4 is 23.9 Å². The molecule has 6 nitrogen and oxygen atoms in total. The van der Waals surface area contributed by atoms with E-state index in [1.165, 1.54) is 48.2 Å². The predicted molar refractivity (Wildman–Crippen MR) is 141 cm³/mol. The number of nitrogens with zero attached hydrogens (tertiary/aromatic N) is 6. The van der Waals surface area contributed by atoms with Gasteiger partial charge in [0.1, 0.15) is 0 Å². The lowest BCUT2D eigenvalue weighted by Crippen LogP contribution is -2.18. The Kier molecular flexibility index (Phi) is 11.4. The highest BCUT2D eigenvalue weighted by Gasteiger charge is 2.13. The number of rotatable bonds is 2. The van der Waals surface area contributed by atoms with Crippen molar-refractivity contribution in [3.63, 3.8) is 0 Å². The molecule has 3 aliphatic rings. The molecule has 0 aromatic rings.